The number of rotatable bonds is 8. The van der Waals surface area contributed by atoms with E-state index in [4.69, 9.17) is 0 Å². The standard InChI is InChI=1S/C50H45N/c1-5-49(6-2)44-24-16-14-23-40(44)41-28-26-38(33-47(41)49)51(48-25-17-15-22-39(48)34-18-10-9-11-19-34)37-27-29-45-43(32-37)42-30-35-20-12-13-21-36(35)31-46(42)50(45,7-3)8-4/h9-33H,5-8H2,1-4H3. The minimum absolute atomic E-state index is 0.00120. The van der Waals surface area contributed by atoms with Crippen molar-refractivity contribution in [3.05, 3.63) is 174 Å². The number of fused-ring (bicyclic) bond motifs is 7. The van der Waals surface area contributed by atoms with Crippen molar-refractivity contribution in [1.82, 2.24) is 0 Å². The van der Waals surface area contributed by atoms with Crippen LogP contribution in [0.4, 0.5) is 17.1 Å². The zero-order valence-corrected chi connectivity index (χ0v) is 30.2. The summed E-state index contributed by atoms with van der Waals surface area (Å²) in [5.41, 5.74) is 17.4. The summed E-state index contributed by atoms with van der Waals surface area (Å²) in [7, 11) is 0. The van der Waals surface area contributed by atoms with Crippen molar-refractivity contribution >= 4 is 27.8 Å². The Morgan fingerprint density at radius 3 is 1.61 bits per heavy atom. The fourth-order valence-corrected chi connectivity index (χ4v) is 9.88. The molecule has 7 aromatic rings. The Balaban J connectivity index is 1.31. The van der Waals surface area contributed by atoms with Crippen LogP contribution in [-0.2, 0) is 10.8 Å². The Labute approximate surface area is 303 Å². The summed E-state index contributed by atoms with van der Waals surface area (Å²) in [6.07, 6.45) is 4.28. The molecule has 0 heterocycles. The fraction of sp³-hybridized carbons (Fsp3) is 0.200. The van der Waals surface area contributed by atoms with E-state index in [0.29, 0.717) is 0 Å². The highest BCUT2D eigenvalue weighted by Gasteiger charge is 2.42. The first-order valence-electron chi connectivity index (χ1n) is 18.9. The van der Waals surface area contributed by atoms with Crippen LogP contribution >= 0.6 is 0 Å². The van der Waals surface area contributed by atoms with Gasteiger partial charge in [-0.15, -0.1) is 0 Å². The van der Waals surface area contributed by atoms with E-state index in [1.165, 1.54) is 83.5 Å². The summed E-state index contributed by atoms with van der Waals surface area (Å²) >= 11 is 0. The minimum Gasteiger partial charge on any atom is -0.310 e. The predicted octanol–water partition coefficient (Wildman–Crippen LogP) is 14.1. The molecule has 0 saturated heterocycles. The van der Waals surface area contributed by atoms with Crippen LogP contribution in [0.5, 0.6) is 0 Å². The molecule has 0 spiro atoms. The van der Waals surface area contributed by atoms with E-state index in [2.05, 4.69) is 184 Å². The van der Waals surface area contributed by atoms with Crippen LogP contribution in [0.15, 0.2) is 152 Å². The van der Waals surface area contributed by atoms with Crippen LogP contribution in [0.2, 0.25) is 0 Å². The second-order valence-corrected chi connectivity index (χ2v) is 14.5. The van der Waals surface area contributed by atoms with Gasteiger partial charge in [-0.05, 0) is 129 Å². The second-order valence-electron chi connectivity index (χ2n) is 14.5. The van der Waals surface area contributed by atoms with E-state index >= 15 is 0 Å². The van der Waals surface area contributed by atoms with Crippen LogP contribution in [0, 0.1) is 0 Å². The van der Waals surface area contributed by atoms with Gasteiger partial charge in [0.2, 0.25) is 0 Å². The number of hydrogen-bond acceptors (Lipinski definition) is 1. The van der Waals surface area contributed by atoms with Crippen molar-refractivity contribution in [2.75, 3.05) is 4.90 Å². The molecule has 0 amide bonds. The fourth-order valence-electron chi connectivity index (χ4n) is 9.88. The van der Waals surface area contributed by atoms with Gasteiger partial charge in [0, 0.05) is 27.8 Å². The molecule has 0 unspecified atom stereocenters. The van der Waals surface area contributed by atoms with Gasteiger partial charge < -0.3 is 4.90 Å². The maximum atomic E-state index is 2.53. The second kappa shape index (κ2) is 12.1. The summed E-state index contributed by atoms with van der Waals surface area (Å²) in [5, 5.41) is 2.62. The van der Waals surface area contributed by atoms with E-state index in [-0.39, 0.29) is 10.8 Å². The third-order valence-corrected chi connectivity index (χ3v) is 12.6. The molecule has 2 aliphatic carbocycles. The Morgan fingerprint density at radius 2 is 0.882 bits per heavy atom. The molecule has 0 saturated carbocycles. The first-order valence-corrected chi connectivity index (χ1v) is 18.9. The Kier molecular flexibility index (Phi) is 7.51. The number of anilines is 3. The van der Waals surface area contributed by atoms with Crippen molar-refractivity contribution in [1.29, 1.82) is 0 Å². The molecule has 0 aromatic heterocycles. The van der Waals surface area contributed by atoms with Crippen molar-refractivity contribution in [3.8, 4) is 33.4 Å². The van der Waals surface area contributed by atoms with E-state index in [1.807, 2.05) is 0 Å². The molecule has 1 heteroatoms. The summed E-state index contributed by atoms with van der Waals surface area (Å²) in [5.74, 6) is 0. The van der Waals surface area contributed by atoms with Crippen LogP contribution in [0.25, 0.3) is 44.2 Å². The topological polar surface area (TPSA) is 3.24 Å². The normalized spacial score (nSPS) is 14.5. The zero-order chi connectivity index (χ0) is 34.7. The molecule has 2 aliphatic rings. The highest BCUT2D eigenvalue weighted by molar-refractivity contribution is 5.96. The van der Waals surface area contributed by atoms with Crippen LogP contribution < -0.4 is 4.90 Å². The SMILES string of the molecule is CCC1(CC)c2ccccc2-c2ccc(N(c3ccc4c(c3)-c3cc5ccccc5cc3C4(CC)CC)c3ccccc3-c3ccccc3)cc21. The minimum atomic E-state index is -0.00760. The lowest BCUT2D eigenvalue weighted by Gasteiger charge is -2.33. The molecule has 0 bridgehead atoms. The van der Waals surface area contributed by atoms with Gasteiger partial charge in [-0.3, -0.25) is 0 Å². The van der Waals surface area contributed by atoms with Crippen molar-refractivity contribution < 1.29 is 0 Å². The highest BCUT2D eigenvalue weighted by Crippen LogP contribution is 2.57. The average molecular weight is 660 g/mol. The van der Waals surface area contributed by atoms with E-state index in [0.717, 1.165) is 25.7 Å². The third kappa shape index (κ3) is 4.53. The van der Waals surface area contributed by atoms with Crippen LogP contribution in [-0.4, -0.2) is 0 Å². The lowest BCUT2D eigenvalue weighted by atomic mass is 9.73. The first-order chi connectivity index (χ1) is 25.1. The summed E-state index contributed by atoms with van der Waals surface area (Å²) in [4.78, 5) is 2.53. The maximum Gasteiger partial charge on any atom is 0.0540 e. The Morgan fingerprint density at radius 1 is 0.373 bits per heavy atom. The molecule has 0 aliphatic heterocycles. The molecule has 1 nitrogen and oxygen atoms in total. The predicted molar refractivity (Wildman–Crippen MR) is 218 cm³/mol. The summed E-state index contributed by atoms with van der Waals surface area (Å²) in [6.45, 7) is 9.45. The molecule has 0 N–H and O–H groups in total. The van der Waals surface area contributed by atoms with Crippen LogP contribution in [0.3, 0.4) is 0 Å². The maximum absolute atomic E-state index is 2.53. The van der Waals surface area contributed by atoms with E-state index < -0.39 is 0 Å². The van der Waals surface area contributed by atoms with Gasteiger partial charge in [0.1, 0.15) is 0 Å². The van der Waals surface area contributed by atoms with Gasteiger partial charge in [-0.25, -0.2) is 0 Å². The van der Waals surface area contributed by atoms with Gasteiger partial charge in [0.25, 0.3) is 0 Å². The van der Waals surface area contributed by atoms with Gasteiger partial charge in [0.15, 0.2) is 0 Å². The molecule has 0 radical (unpaired) electrons. The highest BCUT2D eigenvalue weighted by atomic mass is 15.1. The molecular weight excluding hydrogens is 615 g/mol. The van der Waals surface area contributed by atoms with Crippen molar-refractivity contribution in [3.63, 3.8) is 0 Å². The Hall–Kier alpha value is -5.40. The Bertz CT molecular complexity index is 2430. The van der Waals surface area contributed by atoms with Gasteiger partial charge >= 0.3 is 0 Å². The van der Waals surface area contributed by atoms with Crippen LogP contribution in [0.1, 0.15) is 75.6 Å². The molecule has 9 rings (SSSR count). The van der Waals surface area contributed by atoms with Gasteiger partial charge in [-0.1, -0.05) is 137 Å². The average Bonchev–Trinajstić information content (AvgIpc) is 3.63. The van der Waals surface area contributed by atoms with E-state index in [1.54, 1.807) is 0 Å². The number of para-hydroxylation sites is 1. The van der Waals surface area contributed by atoms with Gasteiger partial charge in [0.05, 0.1) is 5.69 Å². The quantitative estimate of drug-likeness (QED) is 0.157. The lowest BCUT2D eigenvalue weighted by Crippen LogP contribution is -2.23. The van der Waals surface area contributed by atoms with Gasteiger partial charge in [-0.2, -0.15) is 0 Å². The lowest BCUT2D eigenvalue weighted by molar-refractivity contribution is 0.490. The third-order valence-electron chi connectivity index (χ3n) is 12.6. The molecular formula is C50H45N. The molecule has 0 atom stereocenters. The molecule has 7 aromatic carbocycles. The monoisotopic (exact) mass is 659 g/mol. The number of benzene rings is 7. The summed E-state index contributed by atoms with van der Waals surface area (Å²) in [6, 6.07) is 57.3. The molecule has 0 fully saturated rings. The molecule has 250 valence electrons. The largest absolute Gasteiger partial charge is 0.310 e. The smallest absolute Gasteiger partial charge is 0.0540 e. The van der Waals surface area contributed by atoms with Crippen molar-refractivity contribution in [2.24, 2.45) is 0 Å². The first kappa shape index (κ1) is 31.6. The number of nitrogens with zero attached hydrogens (tertiary/aromatic N) is 1. The molecule has 51 heavy (non-hydrogen) atoms. The van der Waals surface area contributed by atoms with Crippen molar-refractivity contribution in [2.45, 2.75) is 64.2 Å². The summed E-state index contributed by atoms with van der Waals surface area (Å²) < 4.78 is 0. The zero-order valence-electron chi connectivity index (χ0n) is 30.2. The number of hydrogen-bond donors (Lipinski definition) is 0. The van der Waals surface area contributed by atoms with E-state index in [9.17, 15) is 0 Å².